The van der Waals surface area contributed by atoms with Crippen LogP contribution in [0.25, 0.3) is 0 Å². The molecule has 5 heteroatoms. The molecular formula is C39H47NO4. The molecule has 0 N–H and O–H groups in total. The Labute approximate surface area is 263 Å². The van der Waals surface area contributed by atoms with Crippen LogP contribution in [0.2, 0.25) is 0 Å². The molecule has 0 bridgehead atoms. The van der Waals surface area contributed by atoms with Crippen molar-refractivity contribution in [3.63, 3.8) is 0 Å². The summed E-state index contributed by atoms with van der Waals surface area (Å²) in [6.07, 6.45) is 1.37. The number of nitrogens with zero attached hydrogens (tertiary/aromatic N) is 1. The number of hydrogen-bond acceptors (Lipinski definition) is 5. The maximum Gasteiger partial charge on any atom is 0.113 e. The van der Waals surface area contributed by atoms with E-state index in [0.717, 1.165) is 36.1 Å². The van der Waals surface area contributed by atoms with Crippen molar-refractivity contribution in [3.8, 4) is 0 Å². The van der Waals surface area contributed by atoms with Crippen LogP contribution < -0.4 is 0 Å². The first-order valence-electron chi connectivity index (χ1n) is 16.1. The Morgan fingerprint density at radius 3 is 1.41 bits per heavy atom. The molecule has 0 amide bonds. The van der Waals surface area contributed by atoms with Gasteiger partial charge < -0.3 is 18.9 Å². The van der Waals surface area contributed by atoms with Crippen LogP contribution in [-0.2, 0) is 45.4 Å². The van der Waals surface area contributed by atoms with Gasteiger partial charge in [0.15, 0.2) is 0 Å². The Hall–Kier alpha value is -3.32. The molecule has 0 aromatic heterocycles. The normalized spacial score (nSPS) is 20.6. The van der Waals surface area contributed by atoms with Gasteiger partial charge in [0.2, 0.25) is 0 Å². The number of benzene rings is 4. The molecule has 44 heavy (non-hydrogen) atoms. The van der Waals surface area contributed by atoms with Gasteiger partial charge >= 0.3 is 0 Å². The van der Waals surface area contributed by atoms with E-state index in [2.05, 4.69) is 116 Å². The van der Waals surface area contributed by atoms with Crippen LogP contribution in [-0.4, -0.2) is 48.4 Å². The van der Waals surface area contributed by atoms with Gasteiger partial charge in [-0.05, 0) is 35.1 Å². The quantitative estimate of drug-likeness (QED) is 0.132. The highest BCUT2D eigenvalue weighted by atomic mass is 16.6. The largest absolute Gasteiger partial charge is 0.375 e. The minimum absolute atomic E-state index is 0.00433. The smallest absolute Gasteiger partial charge is 0.113 e. The summed E-state index contributed by atoms with van der Waals surface area (Å²) in [5.74, 6) is 0. The molecule has 1 fully saturated rings. The second kappa shape index (κ2) is 17.2. The Kier molecular flexibility index (Phi) is 12.6. The van der Waals surface area contributed by atoms with Gasteiger partial charge in [0, 0.05) is 12.6 Å². The molecule has 1 saturated heterocycles. The SMILES string of the molecule is CCC(CC)N1C[C@H](OCc2ccccc2)[C@@H](OCc2ccccc2)[C@H](OCc2ccccc2)[C@@H]1COCc1ccccc1. The maximum atomic E-state index is 6.91. The molecule has 4 atom stereocenters. The van der Waals surface area contributed by atoms with E-state index in [-0.39, 0.29) is 24.4 Å². The molecule has 4 aromatic carbocycles. The van der Waals surface area contributed by atoms with E-state index in [0.29, 0.717) is 39.1 Å². The van der Waals surface area contributed by atoms with Crippen LogP contribution in [0.1, 0.15) is 48.9 Å². The lowest BCUT2D eigenvalue weighted by Crippen LogP contribution is -2.66. The third-order valence-electron chi connectivity index (χ3n) is 8.58. The molecule has 5 nitrogen and oxygen atoms in total. The summed E-state index contributed by atoms with van der Waals surface area (Å²) in [6.45, 7) is 7.90. The van der Waals surface area contributed by atoms with E-state index in [4.69, 9.17) is 18.9 Å². The molecular weight excluding hydrogens is 546 g/mol. The predicted octanol–water partition coefficient (Wildman–Crippen LogP) is 7.83. The first-order chi connectivity index (χ1) is 21.7. The average Bonchev–Trinajstić information content (AvgIpc) is 3.09. The van der Waals surface area contributed by atoms with E-state index >= 15 is 0 Å². The lowest BCUT2D eigenvalue weighted by atomic mass is 9.90. The highest BCUT2D eigenvalue weighted by Gasteiger charge is 2.47. The van der Waals surface area contributed by atoms with Crippen molar-refractivity contribution in [1.82, 2.24) is 4.90 Å². The molecule has 232 valence electrons. The Morgan fingerprint density at radius 1 is 0.545 bits per heavy atom. The summed E-state index contributed by atoms with van der Waals surface area (Å²) in [5.41, 5.74) is 4.59. The van der Waals surface area contributed by atoms with Crippen molar-refractivity contribution >= 4 is 0 Å². The summed E-state index contributed by atoms with van der Waals surface area (Å²) in [4.78, 5) is 2.58. The zero-order chi connectivity index (χ0) is 30.4. The molecule has 1 aliphatic heterocycles. The van der Waals surface area contributed by atoms with Crippen LogP contribution in [0.4, 0.5) is 0 Å². The van der Waals surface area contributed by atoms with Gasteiger partial charge in [-0.25, -0.2) is 0 Å². The molecule has 0 unspecified atom stereocenters. The van der Waals surface area contributed by atoms with Gasteiger partial charge in [-0.3, -0.25) is 4.90 Å². The van der Waals surface area contributed by atoms with E-state index in [1.807, 2.05) is 24.3 Å². The molecule has 5 rings (SSSR count). The van der Waals surface area contributed by atoms with Crippen molar-refractivity contribution in [2.45, 2.75) is 83.5 Å². The van der Waals surface area contributed by atoms with Gasteiger partial charge in [-0.2, -0.15) is 0 Å². The highest BCUT2D eigenvalue weighted by Crippen LogP contribution is 2.32. The van der Waals surface area contributed by atoms with E-state index in [9.17, 15) is 0 Å². The summed E-state index contributed by atoms with van der Waals surface area (Å²) < 4.78 is 27.0. The molecule has 0 radical (unpaired) electrons. The molecule has 0 saturated carbocycles. The molecule has 4 aromatic rings. The second-order valence-corrected chi connectivity index (χ2v) is 11.6. The number of piperidine rings is 1. The fourth-order valence-electron chi connectivity index (χ4n) is 6.17. The minimum Gasteiger partial charge on any atom is -0.375 e. The van der Waals surface area contributed by atoms with Crippen molar-refractivity contribution in [2.24, 2.45) is 0 Å². The lowest BCUT2D eigenvalue weighted by Gasteiger charge is -2.51. The summed E-state index contributed by atoms with van der Waals surface area (Å²) in [5, 5.41) is 0. The van der Waals surface area contributed by atoms with Crippen LogP contribution >= 0.6 is 0 Å². The number of ether oxygens (including phenoxy) is 4. The lowest BCUT2D eigenvalue weighted by molar-refractivity contribution is -0.216. The van der Waals surface area contributed by atoms with Gasteiger partial charge in [-0.1, -0.05) is 135 Å². The van der Waals surface area contributed by atoms with Crippen molar-refractivity contribution in [1.29, 1.82) is 0 Å². The monoisotopic (exact) mass is 593 g/mol. The van der Waals surface area contributed by atoms with Gasteiger partial charge in [0.1, 0.15) is 12.2 Å². The summed E-state index contributed by atoms with van der Waals surface area (Å²) >= 11 is 0. The van der Waals surface area contributed by atoms with Crippen LogP contribution in [0.15, 0.2) is 121 Å². The zero-order valence-corrected chi connectivity index (χ0v) is 26.2. The average molecular weight is 594 g/mol. The number of rotatable bonds is 16. The maximum absolute atomic E-state index is 6.91. The first kappa shape index (κ1) is 32.1. The summed E-state index contributed by atoms with van der Waals surface area (Å²) in [6, 6.07) is 41.9. The second-order valence-electron chi connectivity index (χ2n) is 11.6. The Balaban J connectivity index is 1.45. The fraction of sp³-hybridized carbons (Fsp3) is 0.385. The molecule has 1 aliphatic rings. The zero-order valence-electron chi connectivity index (χ0n) is 26.2. The van der Waals surface area contributed by atoms with Gasteiger partial charge in [-0.15, -0.1) is 0 Å². The minimum atomic E-state index is -0.279. The van der Waals surface area contributed by atoms with Gasteiger partial charge in [0.05, 0.1) is 45.2 Å². The first-order valence-corrected chi connectivity index (χ1v) is 16.1. The summed E-state index contributed by atoms with van der Waals surface area (Å²) in [7, 11) is 0. The molecule has 0 aliphatic carbocycles. The topological polar surface area (TPSA) is 40.2 Å². The van der Waals surface area contributed by atoms with E-state index in [1.165, 1.54) is 5.56 Å². The van der Waals surface area contributed by atoms with E-state index < -0.39 is 0 Å². The van der Waals surface area contributed by atoms with Crippen LogP contribution in [0.5, 0.6) is 0 Å². The standard InChI is InChI=1S/C39H47NO4/c1-3-35(4-2)40-25-37(42-27-32-19-11-6-12-20-32)39(44-29-34-23-15-8-16-24-34)38(43-28-33-21-13-7-14-22-33)36(40)30-41-26-31-17-9-5-10-18-31/h5-24,35-39H,3-4,25-30H2,1-2H3/t36-,37-,38+,39+/m0/s1. The molecule has 1 heterocycles. The number of hydrogen-bond donors (Lipinski definition) is 0. The Bertz CT molecular complexity index is 1320. The molecule has 0 spiro atoms. The highest BCUT2D eigenvalue weighted by molar-refractivity contribution is 5.16. The van der Waals surface area contributed by atoms with Crippen molar-refractivity contribution < 1.29 is 18.9 Å². The van der Waals surface area contributed by atoms with Gasteiger partial charge in [0.25, 0.3) is 0 Å². The third kappa shape index (κ3) is 9.10. The third-order valence-corrected chi connectivity index (χ3v) is 8.58. The van der Waals surface area contributed by atoms with Crippen LogP contribution in [0, 0.1) is 0 Å². The number of likely N-dealkylation sites (tertiary alicyclic amines) is 1. The van der Waals surface area contributed by atoms with E-state index in [1.54, 1.807) is 0 Å². The van der Waals surface area contributed by atoms with Crippen molar-refractivity contribution in [2.75, 3.05) is 13.2 Å². The predicted molar refractivity (Wildman–Crippen MR) is 176 cm³/mol. The van der Waals surface area contributed by atoms with Crippen molar-refractivity contribution in [3.05, 3.63) is 144 Å². The Morgan fingerprint density at radius 2 is 0.955 bits per heavy atom. The van der Waals surface area contributed by atoms with Crippen LogP contribution in [0.3, 0.4) is 0 Å². The fourth-order valence-corrected chi connectivity index (χ4v) is 6.17.